The van der Waals surface area contributed by atoms with Crippen molar-refractivity contribution in [3.8, 4) is 0 Å². The van der Waals surface area contributed by atoms with E-state index >= 15 is 0 Å². The largest absolute Gasteiger partial charge is 0.344 e. The maximum absolute atomic E-state index is 4.00. The van der Waals surface area contributed by atoms with Gasteiger partial charge < -0.3 is 12.3 Å². The molecule has 0 spiro atoms. The first-order valence-corrected chi connectivity index (χ1v) is 0.833. The number of hydrazine groups is 1. The van der Waals surface area contributed by atoms with E-state index in [0.717, 1.165) is 0 Å². The van der Waals surface area contributed by atoms with Crippen molar-refractivity contribution in [1.29, 1.82) is 0 Å². The fraction of sp³-hybridized carbons (Fsp3) is 0. The molecule has 0 atom stereocenters. The van der Waals surface area contributed by atoms with Gasteiger partial charge in [-0.1, -0.05) is 0 Å². The van der Waals surface area contributed by atoms with E-state index in [0.29, 0.717) is 0 Å². The van der Waals surface area contributed by atoms with Crippen molar-refractivity contribution in [3.63, 3.8) is 0 Å². The van der Waals surface area contributed by atoms with Crippen LogP contribution >= 0.6 is 0 Å². The lowest BCUT2D eigenvalue weighted by molar-refractivity contribution is 1.26. The van der Waals surface area contributed by atoms with Gasteiger partial charge in [0.15, 0.2) is 0 Å². The molecule has 0 aliphatic carbocycles. The minimum absolute atomic E-state index is 0. The van der Waals surface area contributed by atoms with Gasteiger partial charge in [0.1, 0.15) is 0 Å². The van der Waals surface area contributed by atoms with Crippen LogP contribution in [0.25, 0.3) is 0 Å². The Kier molecular flexibility index (Phi) is 2600. The van der Waals surface area contributed by atoms with E-state index in [9.17, 15) is 0 Å². The van der Waals surface area contributed by atoms with Gasteiger partial charge in [-0.2, -0.15) is 0 Å². The Morgan fingerprint density at radius 2 is 0.833 bits per heavy atom. The van der Waals surface area contributed by atoms with Crippen molar-refractivity contribution in [2.75, 3.05) is 0 Å². The molecule has 0 aliphatic rings. The van der Waals surface area contributed by atoms with Crippen molar-refractivity contribution < 1.29 is 0 Å². The molecule has 42 valence electrons. The molecule has 0 saturated carbocycles. The van der Waals surface area contributed by atoms with E-state index < -0.39 is 0 Å². The smallest absolute Gasteiger partial charge is 0.106 e. The molecule has 0 rings (SSSR count). The van der Waals surface area contributed by atoms with E-state index in [2.05, 4.69) is 24.8 Å². The van der Waals surface area contributed by atoms with E-state index in [1.54, 1.807) is 0 Å². The fourth-order valence-electron chi connectivity index (χ4n) is 0. The molecule has 0 aromatic heterocycles. The zero-order valence-corrected chi connectivity index (χ0v) is 3.98. The van der Waals surface area contributed by atoms with Crippen LogP contribution in [0.15, 0.2) is 13.2 Å². The molecular formula is C2H14N4. The number of rotatable bonds is 0. The quantitative estimate of drug-likeness (QED) is 0.191. The van der Waals surface area contributed by atoms with E-state index in [4.69, 9.17) is 0 Å². The van der Waals surface area contributed by atoms with Crippen LogP contribution in [0.2, 0.25) is 0 Å². The molecule has 4 heteroatoms. The van der Waals surface area contributed by atoms with Gasteiger partial charge in [-0.25, -0.2) is 0 Å². The average Bonchev–Trinajstić information content (AvgIpc) is 1.50. The summed E-state index contributed by atoms with van der Waals surface area (Å²) in [6, 6.07) is 0. The summed E-state index contributed by atoms with van der Waals surface area (Å²) in [7, 11) is 0. The van der Waals surface area contributed by atoms with Crippen LogP contribution < -0.4 is 24.0 Å². The third-order valence-corrected chi connectivity index (χ3v) is 0. The molecule has 0 saturated heterocycles. The second-order valence-electron chi connectivity index (χ2n) is 0. The number of hydrogen-bond acceptors (Lipinski definition) is 4. The lowest BCUT2D eigenvalue weighted by Gasteiger charge is -1.27. The van der Waals surface area contributed by atoms with Crippen LogP contribution in [0.1, 0.15) is 0 Å². The van der Waals surface area contributed by atoms with Gasteiger partial charge in [-0.3, -0.25) is 11.7 Å². The zero-order valence-electron chi connectivity index (χ0n) is 3.98. The summed E-state index contributed by atoms with van der Waals surface area (Å²) >= 11 is 0. The SMILES string of the molecule is C=C.N.N.NN. The third-order valence-electron chi connectivity index (χ3n) is 0. The van der Waals surface area contributed by atoms with E-state index in [-0.39, 0.29) is 12.3 Å². The highest BCUT2D eigenvalue weighted by Gasteiger charge is 0.726. The van der Waals surface area contributed by atoms with Gasteiger partial charge in [-0.05, 0) is 0 Å². The Balaban J connectivity index is -0.00000000500. The number of hydrogen-bond donors (Lipinski definition) is 4. The van der Waals surface area contributed by atoms with Crippen molar-refractivity contribution >= 4 is 0 Å². The van der Waals surface area contributed by atoms with E-state index in [1.165, 1.54) is 0 Å². The molecule has 4 nitrogen and oxygen atoms in total. The Hall–Kier alpha value is -0.420. The molecule has 0 heterocycles. The Labute approximate surface area is 38.3 Å². The highest BCUT2D eigenvalue weighted by molar-refractivity contribution is 4.22. The second-order valence-corrected chi connectivity index (χ2v) is 0. The van der Waals surface area contributed by atoms with Crippen molar-refractivity contribution in [3.05, 3.63) is 13.2 Å². The predicted molar refractivity (Wildman–Crippen MR) is 29.7 cm³/mol. The first-order chi connectivity index (χ1) is 2.00. The highest BCUT2D eigenvalue weighted by Crippen LogP contribution is 0.862. The topological polar surface area (TPSA) is 122 Å². The molecule has 10 N–H and O–H groups in total. The zero-order chi connectivity index (χ0) is 4.00. The molecule has 0 radical (unpaired) electrons. The number of nitrogens with two attached hydrogens (primary N) is 2. The maximum atomic E-state index is 4.00. The minimum Gasteiger partial charge on any atom is -0.344 e. The molecule has 0 aliphatic heterocycles. The molecule has 0 aromatic rings. The van der Waals surface area contributed by atoms with Gasteiger partial charge in [0, 0.05) is 0 Å². The molecule has 0 aromatic carbocycles. The lowest BCUT2D eigenvalue weighted by Crippen LogP contribution is -2.02. The van der Waals surface area contributed by atoms with E-state index in [1.807, 2.05) is 0 Å². The summed E-state index contributed by atoms with van der Waals surface area (Å²) in [5, 5.41) is 0. The molecule has 0 fully saturated rings. The Morgan fingerprint density at radius 3 is 0.833 bits per heavy atom. The summed E-state index contributed by atoms with van der Waals surface area (Å²) < 4.78 is 0. The van der Waals surface area contributed by atoms with Crippen LogP contribution in [-0.4, -0.2) is 0 Å². The van der Waals surface area contributed by atoms with Gasteiger partial charge >= 0.3 is 0 Å². The average molecular weight is 94.2 g/mol. The summed E-state index contributed by atoms with van der Waals surface area (Å²) in [5.74, 6) is 8.00. The van der Waals surface area contributed by atoms with Crippen LogP contribution in [0.4, 0.5) is 0 Å². The van der Waals surface area contributed by atoms with Crippen LogP contribution in [0.3, 0.4) is 0 Å². The maximum Gasteiger partial charge on any atom is -0.106 e. The molecular weight excluding hydrogens is 80.0 g/mol. The van der Waals surface area contributed by atoms with Gasteiger partial charge in [0.05, 0.1) is 0 Å². The standard InChI is InChI=1S/C2H4.H4N2.2H3N/c2*1-2;;/h2*1-2H2;2*1H3. The summed E-state index contributed by atoms with van der Waals surface area (Å²) in [5.41, 5.74) is 0. The minimum atomic E-state index is 0. The first kappa shape index (κ1) is 46.9. The fourth-order valence-corrected chi connectivity index (χ4v) is 0. The van der Waals surface area contributed by atoms with Crippen molar-refractivity contribution in [2.45, 2.75) is 0 Å². The highest BCUT2D eigenvalue weighted by atomic mass is 15.0. The summed E-state index contributed by atoms with van der Waals surface area (Å²) in [6.07, 6.45) is 0. The molecule has 0 unspecified atom stereocenters. The Bertz CT molecular complexity index is 5.51. The Morgan fingerprint density at radius 1 is 0.833 bits per heavy atom. The van der Waals surface area contributed by atoms with Crippen molar-refractivity contribution in [1.82, 2.24) is 12.3 Å². The lowest BCUT2D eigenvalue weighted by atomic mass is 11.3. The van der Waals surface area contributed by atoms with Gasteiger partial charge in [0.25, 0.3) is 0 Å². The van der Waals surface area contributed by atoms with Crippen LogP contribution in [-0.2, 0) is 0 Å². The molecule has 6 heavy (non-hydrogen) atoms. The summed E-state index contributed by atoms with van der Waals surface area (Å²) in [4.78, 5) is 0. The van der Waals surface area contributed by atoms with Crippen LogP contribution in [0, 0.1) is 0 Å². The molecule has 0 bridgehead atoms. The second kappa shape index (κ2) is 333. The normalized spacial score (nSPS) is 1.67. The van der Waals surface area contributed by atoms with Crippen LogP contribution in [0.5, 0.6) is 0 Å². The van der Waals surface area contributed by atoms with Crippen molar-refractivity contribution in [2.24, 2.45) is 11.7 Å². The predicted octanol–water partition coefficient (Wildman–Crippen LogP) is -0.0550. The first-order valence-electron chi connectivity index (χ1n) is 0.833. The van der Waals surface area contributed by atoms with Gasteiger partial charge in [0.2, 0.25) is 0 Å². The molecule has 0 amide bonds. The summed E-state index contributed by atoms with van der Waals surface area (Å²) in [6.45, 7) is 6.00. The van der Waals surface area contributed by atoms with Gasteiger partial charge in [-0.15, -0.1) is 13.2 Å². The monoisotopic (exact) mass is 94.1 g/mol. The third kappa shape index (κ3) is 135.